The van der Waals surface area contributed by atoms with Crippen molar-refractivity contribution in [3.63, 3.8) is 0 Å². The van der Waals surface area contributed by atoms with E-state index in [1.165, 1.54) is 18.2 Å². The van der Waals surface area contributed by atoms with E-state index in [4.69, 9.17) is 0 Å². The third-order valence-electron chi connectivity index (χ3n) is 5.14. The van der Waals surface area contributed by atoms with Crippen LogP contribution in [0.5, 0.6) is 0 Å². The molecule has 9 heteroatoms. The first-order chi connectivity index (χ1) is 13.3. The number of sulfonamides is 1. The lowest BCUT2D eigenvalue weighted by atomic mass is 9.95. The molecular weight excluding hydrogens is 446 g/mol. The van der Waals surface area contributed by atoms with E-state index in [2.05, 4.69) is 30.6 Å². The van der Waals surface area contributed by atoms with Crippen molar-refractivity contribution >= 4 is 36.9 Å². The summed E-state index contributed by atoms with van der Waals surface area (Å²) in [6.45, 7) is 0. The molecule has 0 amide bonds. The van der Waals surface area contributed by atoms with E-state index in [1.54, 1.807) is 0 Å². The van der Waals surface area contributed by atoms with Gasteiger partial charge in [0.25, 0.3) is 5.56 Å². The Labute approximate surface area is 169 Å². The Hall–Kier alpha value is -2.23. The van der Waals surface area contributed by atoms with Crippen molar-refractivity contribution in [1.82, 2.24) is 14.7 Å². The van der Waals surface area contributed by atoms with Crippen LogP contribution in [0.2, 0.25) is 0 Å². The third-order valence-corrected chi connectivity index (χ3v) is 7.16. The maximum absolute atomic E-state index is 12.9. The molecule has 3 aromatic rings. The van der Waals surface area contributed by atoms with Crippen LogP contribution >= 0.6 is 15.9 Å². The summed E-state index contributed by atoms with van der Waals surface area (Å²) in [7, 11) is -3.82. The highest BCUT2D eigenvalue weighted by molar-refractivity contribution is 9.10. The van der Waals surface area contributed by atoms with Crippen molar-refractivity contribution < 1.29 is 8.42 Å². The minimum Gasteiger partial charge on any atom is -0.307 e. The first kappa shape index (κ1) is 19.1. The van der Waals surface area contributed by atoms with Crippen molar-refractivity contribution in [2.75, 3.05) is 0 Å². The molecule has 7 nitrogen and oxygen atoms in total. The molecule has 0 bridgehead atoms. The van der Waals surface area contributed by atoms with Gasteiger partial charge in [0.1, 0.15) is 0 Å². The van der Waals surface area contributed by atoms with Crippen molar-refractivity contribution in [3.8, 4) is 0 Å². The lowest BCUT2D eigenvalue weighted by Gasteiger charge is -2.21. The summed E-state index contributed by atoms with van der Waals surface area (Å²) < 4.78 is 29.7. The first-order valence-electron chi connectivity index (χ1n) is 8.88. The largest absolute Gasteiger partial charge is 0.326 e. The average Bonchev–Trinajstić information content (AvgIpc) is 3.09. The number of aromatic amines is 2. The second kappa shape index (κ2) is 7.31. The fourth-order valence-electron chi connectivity index (χ4n) is 3.79. The van der Waals surface area contributed by atoms with E-state index in [0.717, 1.165) is 29.3 Å². The molecule has 1 aliphatic carbocycles. The Kier molecular flexibility index (Phi) is 4.98. The van der Waals surface area contributed by atoms with Gasteiger partial charge in [-0.1, -0.05) is 34.5 Å². The van der Waals surface area contributed by atoms with E-state index < -0.39 is 21.3 Å². The van der Waals surface area contributed by atoms with Gasteiger partial charge < -0.3 is 4.98 Å². The molecule has 1 aliphatic rings. The summed E-state index contributed by atoms with van der Waals surface area (Å²) in [6, 6.07) is 11.8. The molecule has 0 saturated heterocycles. The van der Waals surface area contributed by atoms with Crippen LogP contribution in [-0.4, -0.2) is 24.4 Å². The molecule has 28 heavy (non-hydrogen) atoms. The SMILES string of the molecule is O=c1[nH]c(=O)c2cc(S(=O)(=O)NC3CCCC3c3ccc(Br)cc3)ccc2[nH]1. The fourth-order valence-corrected chi connectivity index (χ4v) is 5.39. The summed E-state index contributed by atoms with van der Waals surface area (Å²) in [5.74, 6) is 0.100. The highest BCUT2D eigenvalue weighted by Gasteiger charge is 2.32. The van der Waals surface area contributed by atoms with Gasteiger partial charge >= 0.3 is 5.69 Å². The topological polar surface area (TPSA) is 112 Å². The van der Waals surface area contributed by atoms with Gasteiger partial charge in [0, 0.05) is 16.4 Å². The second-order valence-corrected chi connectivity index (χ2v) is 9.56. The van der Waals surface area contributed by atoms with Crippen LogP contribution in [0.25, 0.3) is 10.9 Å². The minimum absolute atomic E-state index is 0.000921. The molecule has 2 aromatic carbocycles. The summed E-state index contributed by atoms with van der Waals surface area (Å²) in [5.41, 5.74) is 0.140. The lowest BCUT2D eigenvalue weighted by molar-refractivity contribution is 0.525. The lowest BCUT2D eigenvalue weighted by Crippen LogP contribution is -2.36. The number of nitrogens with one attached hydrogen (secondary N) is 3. The van der Waals surface area contributed by atoms with Gasteiger partial charge in [-0.15, -0.1) is 0 Å². The zero-order valence-electron chi connectivity index (χ0n) is 14.7. The van der Waals surface area contributed by atoms with E-state index >= 15 is 0 Å². The zero-order chi connectivity index (χ0) is 19.9. The van der Waals surface area contributed by atoms with Gasteiger partial charge in [0.15, 0.2) is 0 Å². The number of aromatic nitrogens is 2. The number of hydrogen-bond acceptors (Lipinski definition) is 4. The van der Waals surface area contributed by atoms with Crippen molar-refractivity contribution in [2.24, 2.45) is 0 Å². The van der Waals surface area contributed by atoms with Gasteiger partial charge in [-0.3, -0.25) is 9.78 Å². The van der Waals surface area contributed by atoms with Crippen LogP contribution in [-0.2, 0) is 10.0 Å². The Morgan fingerprint density at radius 1 is 1.00 bits per heavy atom. The van der Waals surface area contributed by atoms with Gasteiger partial charge in [-0.2, -0.15) is 0 Å². The van der Waals surface area contributed by atoms with Gasteiger partial charge in [-0.25, -0.2) is 17.9 Å². The maximum atomic E-state index is 12.9. The number of fused-ring (bicyclic) bond motifs is 1. The summed E-state index contributed by atoms with van der Waals surface area (Å²) in [5, 5.41) is 0.123. The van der Waals surface area contributed by atoms with E-state index in [1.807, 2.05) is 24.3 Å². The Morgan fingerprint density at radius 2 is 1.75 bits per heavy atom. The van der Waals surface area contributed by atoms with Crippen molar-refractivity contribution in [3.05, 3.63) is 73.3 Å². The molecule has 1 aromatic heterocycles. The van der Waals surface area contributed by atoms with Crippen LogP contribution in [0.4, 0.5) is 0 Å². The quantitative estimate of drug-likeness (QED) is 0.551. The second-order valence-electron chi connectivity index (χ2n) is 6.93. The molecule has 1 fully saturated rings. The maximum Gasteiger partial charge on any atom is 0.326 e. The number of benzene rings is 2. The molecule has 0 radical (unpaired) electrons. The Balaban J connectivity index is 1.65. The molecular formula is C19H18BrN3O4S. The molecule has 146 valence electrons. The van der Waals surface area contributed by atoms with E-state index in [0.29, 0.717) is 5.52 Å². The van der Waals surface area contributed by atoms with Crippen LogP contribution in [0.15, 0.2) is 61.4 Å². The standard InChI is InChI=1S/C19H18BrN3O4S/c20-12-6-4-11(5-7-12)14-2-1-3-17(14)23-28(26,27)13-8-9-16-15(10-13)18(24)22-19(25)21-16/h4-10,14,17,23H,1-3H2,(H2,21,22,24,25). The highest BCUT2D eigenvalue weighted by atomic mass is 79.9. The molecule has 3 N–H and O–H groups in total. The monoisotopic (exact) mass is 463 g/mol. The molecule has 1 heterocycles. The van der Waals surface area contributed by atoms with E-state index in [9.17, 15) is 18.0 Å². The van der Waals surface area contributed by atoms with Crippen LogP contribution < -0.4 is 16.0 Å². The molecule has 2 unspecified atom stereocenters. The smallest absolute Gasteiger partial charge is 0.307 e. The predicted octanol–water partition coefficient (Wildman–Crippen LogP) is 2.59. The summed E-state index contributed by atoms with van der Waals surface area (Å²) in [4.78, 5) is 28.0. The van der Waals surface area contributed by atoms with E-state index in [-0.39, 0.29) is 22.2 Å². The molecule has 4 rings (SSSR count). The van der Waals surface area contributed by atoms with Crippen molar-refractivity contribution in [2.45, 2.75) is 36.1 Å². The number of rotatable bonds is 4. The van der Waals surface area contributed by atoms with Crippen LogP contribution in [0.3, 0.4) is 0 Å². The third kappa shape index (κ3) is 3.69. The first-order valence-corrected chi connectivity index (χ1v) is 11.2. The Bertz CT molecular complexity index is 1250. The molecule has 0 spiro atoms. The number of H-pyrrole nitrogens is 2. The normalized spacial score (nSPS) is 19.9. The summed E-state index contributed by atoms with van der Waals surface area (Å²) >= 11 is 3.42. The van der Waals surface area contributed by atoms with Crippen LogP contribution in [0.1, 0.15) is 30.7 Å². The Morgan fingerprint density at radius 3 is 2.50 bits per heavy atom. The molecule has 2 atom stereocenters. The number of hydrogen-bond donors (Lipinski definition) is 3. The predicted molar refractivity (Wildman–Crippen MR) is 110 cm³/mol. The van der Waals surface area contributed by atoms with Gasteiger partial charge in [0.2, 0.25) is 10.0 Å². The summed E-state index contributed by atoms with van der Waals surface area (Å²) in [6.07, 6.45) is 2.60. The number of halogens is 1. The fraction of sp³-hybridized carbons (Fsp3) is 0.263. The van der Waals surface area contributed by atoms with Gasteiger partial charge in [0.05, 0.1) is 15.8 Å². The van der Waals surface area contributed by atoms with Crippen LogP contribution in [0, 0.1) is 0 Å². The van der Waals surface area contributed by atoms with Gasteiger partial charge in [-0.05, 0) is 48.7 Å². The molecule has 0 aliphatic heterocycles. The average molecular weight is 464 g/mol. The highest BCUT2D eigenvalue weighted by Crippen LogP contribution is 2.36. The molecule has 1 saturated carbocycles. The zero-order valence-corrected chi connectivity index (χ0v) is 17.1. The van der Waals surface area contributed by atoms with Crippen molar-refractivity contribution in [1.29, 1.82) is 0 Å². The minimum atomic E-state index is -3.82.